The molecule has 3 aromatic carbocycles. The van der Waals surface area contributed by atoms with E-state index in [0.717, 1.165) is 161 Å². The van der Waals surface area contributed by atoms with E-state index < -0.39 is 62.5 Å². The number of fused-ring (bicyclic) bond motifs is 3. The van der Waals surface area contributed by atoms with E-state index >= 15 is 0 Å². The molecule has 750 valence electrons. The van der Waals surface area contributed by atoms with Gasteiger partial charge in [-0.1, -0.05) is 56.9 Å². The molecule has 6 aliphatic heterocycles. The van der Waals surface area contributed by atoms with Crippen LogP contribution in [0.2, 0.25) is 0 Å². The minimum absolute atomic E-state index is 0. The highest BCUT2D eigenvalue weighted by atomic mass is 127. The van der Waals surface area contributed by atoms with Gasteiger partial charge in [0.1, 0.15) is 22.7 Å². The van der Waals surface area contributed by atoms with Crippen molar-refractivity contribution < 1.29 is 108 Å². The van der Waals surface area contributed by atoms with E-state index in [1.807, 2.05) is 94.4 Å². The monoisotopic (exact) mass is 2040 g/mol. The van der Waals surface area contributed by atoms with Crippen LogP contribution in [-0.4, -0.2) is 189 Å². The van der Waals surface area contributed by atoms with Crippen LogP contribution in [0.15, 0.2) is 84.8 Å². The van der Waals surface area contributed by atoms with Crippen molar-refractivity contribution >= 4 is 99.3 Å². The number of carbonyl (C=O) groups is 10. The molecule has 6 aliphatic carbocycles. The molecule has 9 fully saturated rings. The fraction of sp³-hybridized carbons (Fsp3) is 0.594. The van der Waals surface area contributed by atoms with Crippen molar-refractivity contribution in [2.24, 2.45) is 21.7 Å². The lowest BCUT2D eigenvalue weighted by molar-refractivity contribution is -0.501. The van der Waals surface area contributed by atoms with E-state index in [-0.39, 0.29) is 132 Å². The molecular weight excluding hydrogens is 1910 g/mol. The van der Waals surface area contributed by atoms with Gasteiger partial charge >= 0.3 is 30.2 Å². The molecule has 6 saturated carbocycles. The van der Waals surface area contributed by atoms with Crippen LogP contribution >= 0.6 is 22.6 Å². The quantitative estimate of drug-likeness (QED) is 0.0158. The Balaban J connectivity index is 0.000000182. The maximum Gasteiger partial charge on any atom is 0.417 e. The number of amides is 7. The predicted octanol–water partition coefficient (Wildman–Crippen LogP) is 17.4. The van der Waals surface area contributed by atoms with E-state index in [4.69, 9.17) is 33.8 Å². The molecular formula is C96H128F6IN15O19. The summed E-state index contributed by atoms with van der Waals surface area (Å²) in [5.41, 5.74) is 4.76. The summed E-state index contributed by atoms with van der Waals surface area (Å²) < 4.78 is 111. The normalized spacial score (nSPS) is 19.6. The molecule has 2 N–H and O–H groups in total. The van der Waals surface area contributed by atoms with Crippen molar-refractivity contribution in [3.05, 3.63) is 166 Å². The van der Waals surface area contributed by atoms with Gasteiger partial charge in [-0.25, -0.2) is 45.5 Å². The lowest BCUT2D eigenvalue weighted by atomic mass is 9.67. The molecule has 3 spiro atoms. The molecule has 0 unspecified atom stereocenters. The summed E-state index contributed by atoms with van der Waals surface area (Å²) in [6.07, 6.45) is 26.8. The maximum atomic E-state index is 13.5. The molecule has 0 bridgehead atoms. The standard InChI is InChI=1S/C22H23F3N4O2.C19H28N4O3.C13H8F3NO2.C12H18IN3O2.C9H15NO4.C8H12O2.C7H11NO.C4H6O.CH3NO2.CH4/c1-13-10-29-18(17(9-26-29)28-12-22(3-2-4-22)8-20(28)31)11-27(13)19(30)7-14-5-15(23)21(25)16(24)6-14;1-13-10-23-15(11-21(13)17(25)26-18(2,3)4)14(9-20-23)22-12-19(6-5-7-19)8-16(22)24;14-10-6-8(7-11(15)12(10)16)17-13(18)19-9-4-2-1-3-5-9;1-8-6-16-10(9(13)5-14-16)7-15(8)11(17)18-12(2,3)4;1-2-14-8(11)6-9(4-3-5-9)7-10(12)13;1-2-10-8(9)6-7-4-3-5-7;9-6-4-7(5-8-6)2-1-3-7;5-4-2-1-3-4;1-2(3)4;/h5-6,9,13H,2-4,7-8,10-12H2,1H3;9,13H,5-8,10-12H2,1-4H3;1-7H,(H,17,18);5,8H,6-7H2,1-4H3;2-7H2,1H3;6H,2-5H2,1H3;1-5H2,(H,8,9);1-3H2;1H3;1H4/t2*13-;;8-;;;;;;/m00.0....../s1. The largest absolute Gasteiger partial charge is 0.466 e. The SMILES string of the molecule is C.CCOC(=O)C=C1CCC1.CCOC(=O)CC1(C[N+](=O)[O-])CCC1.C[C@H]1Cn2ncc(I)c2CN1C(=O)OC(C)(C)C.C[C@H]1Cn2ncc(N3CC4(CCC4)CC3=O)c2CN1C(=O)Cc1cc(F)c(F)c(F)c1.C[C@H]1Cn2ncc(N3CC4(CCC4)CC3=O)c2CN1C(=O)OC(C)(C)C.C[N+](=O)[O-].O=C(Nc1cc(F)c(F)c(F)c1)Oc1ccccc1.O=C1CC2(CCC2)CN1.O=C1CCC1. The average molecular weight is 2040 g/mol. The van der Waals surface area contributed by atoms with Crippen molar-refractivity contribution in [3.8, 4) is 5.75 Å². The molecule has 41 heteroatoms. The van der Waals surface area contributed by atoms with Crippen LogP contribution in [0.1, 0.15) is 247 Å². The van der Waals surface area contributed by atoms with Crippen LogP contribution in [0.25, 0.3) is 0 Å². The topological polar surface area (TPSA) is 397 Å². The third-order valence-corrected chi connectivity index (χ3v) is 26.6. The van der Waals surface area contributed by atoms with Crippen LogP contribution in [-0.2, 0) is 98.2 Å². The molecule has 18 rings (SSSR count). The number of rotatable bonds is 13. The smallest absolute Gasteiger partial charge is 0.417 e. The Kier molecular flexibility index (Phi) is 38.0. The number of nitro groups is 2. The first-order valence-corrected chi connectivity index (χ1v) is 47.2. The number of Topliss-reactive ketones (excluding diaryl/α,β-unsaturated/α-hetero) is 1. The number of aromatic nitrogens is 6. The Hall–Kier alpha value is -11.6. The minimum Gasteiger partial charge on any atom is -0.466 e. The lowest BCUT2D eigenvalue weighted by Gasteiger charge is -2.38. The Bertz CT molecular complexity index is 5290. The predicted molar refractivity (Wildman–Crippen MR) is 501 cm³/mol. The first kappa shape index (κ1) is 109. The van der Waals surface area contributed by atoms with Crippen LogP contribution in [0.3, 0.4) is 0 Å². The second-order valence-electron chi connectivity index (χ2n) is 38.7. The van der Waals surface area contributed by atoms with Gasteiger partial charge in [0, 0.05) is 91.3 Å². The Morgan fingerprint density at radius 3 is 1.38 bits per heavy atom. The number of allylic oxidation sites excluding steroid dienone is 1. The van der Waals surface area contributed by atoms with Crippen molar-refractivity contribution in [3.63, 3.8) is 0 Å². The number of esters is 2. The summed E-state index contributed by atoms with van der Waals surface area (Å²) in [5, 5.41) is 37.4. The third-order valence-electron chi connectivity index (χ3n) is 25.7. The number of anilines is 3. The molecule has 6 aromatic rings. The van der Waals surface area contributed by atoms with Crippen molar-refractivity contribution in [1.82, 2.24) is 49.4 Å². The van der Waals surface area contributed by atoms with Gasteiger partial charge in [-0.15, -0.1) is 0 Å². The highest BCUT2D eigenvalue weighted by Crippen LogP contribution is 2.52. The van der Waals surface area contributed by atoms with Gasteiger partial charge in [0.05, 0.1) is 134 Å². The van der Waals surface area contributed by atoms with Crippen LogP contribution in [0.5, 0.6) is 5.75 Å². The van der Waals surface area contributed by atoms with Gasteiger partial charge in [-0.2, -0.15) is 15.3 Å². The van der Waals surface area contributed by atoms with Gasteiger partial charge in [0.25, 0.3) is 0 Å². The van der Waals surface area contributed by atoms with E-state index in [1.54, 1.807) is 63.2 Å². The fourth-order valence-electron chi connectivity index (χ4n) is 17.5. The summed E-state index contributed by atoms with van der Waals surface area (Å²) in [4.78, 5) is 144. The molecule has 34 nitrogen and oxygen atoms in total. The first-order chi connectivity index (χ1) is 64.1. The second-order valence-corrected chi connectivity index (χ2v) is 39.9. The molecule has 9 heterocycles. The van der Waals surface area contributed by atoms with Gasteiger partial charge in [-0.05, 0) is 222 Å². The lowest BCUT2D eigenvalue weighted by Crippen LogP contribution is -2.47. The number of ketones is 1. The van der Waals surface area contributed by atoms with E-state index in [9.17, 15) is 84.4 Å². The first-order valence-electron chi connectivity index (χ1n) is 46.1. The molecule has 3 atom stereocenters. The van der Waals surface area contributed by atoms with Crippen molar-refractivity contribution in [1.29, 1.82) is 0 Å². The number of halogens is 7. The van der Waals surface area contributed by atoms with Gasteiger partial charge in [0.2, 0.25) is 30.2 Å². The highest BCUT2D eigenvalue weighted by Gasteiger charge is 2.51. The summed E-state index contributed by atoms with van der Waals surface area (Å²) in [6.45, 7) is 26.8. The molecule has 12 aliphatic rings. The van der Waals surface area contributed by atoms with Crippen molar-refractivity contribution in [2.45, 2.75) is 300 Å². The number of para-hydroxylation sites is 1. The summed E-state index contributed by atoms with van der Waals surface area (Å²) in [6, 6.07) is 11.0. The summed E-state index contributed by atoms with van der Waals surface area (Å²) in [5.74, 6) is -8.14. The minimum atomic E-state index is -1.60. The summed E-state index contributed by atoms with van der Waals surface area (Å²) >= 11 is 2.25. The fourth-order valence-corrected chi connectivity index (χ4v) is 18.1. The Morgan fingerprint density at radius 1 is 0.584 bits per heavy atom. The van der Waals surface area contributed by atoms with Gasteiger partial charge in [-0.3, -0.25) is 78.2 Å². The Morgan fingerprint density at radius 2 is 1.01 bits per heavy atom. The van der Waals surface area contributed by atoms with E-state index in [2.05, 4.69) is 48.5 Å². The molecule has 3 aromatic heterocycles. The highest BCUT2D eigenvalue weighted by molar-refractivity contribution is 14.1. The average Bonchev–Trinajstić information content (AvgIpc) is 1.60. The number of hydrogen-bond acceptors (Lipinski definition) is 22. The van der Waals surface area contributed by atoms with E-state index in [0.29, 0.717) is 82.1 Å². The summed E-state index contributed by atoms with van der Waals surface area (Å²) in [7, 11) is 0.889. The zero-order valence-corrected chi connectivity index (χ0v) is 81.4. The number of hydrogen-bond donors (Lipinski definition) is 2. The number of nitrogens with zero attached hydrogens (tertiary/aromatic N) is 13. The van der Waals surface area contributed by atoms with Crippen LogP contribution in [0, 0.1) is 80.4 Å². The number of nitrogens with one attached hydrogen (secondary N) is 2. The van der Waals surface area contributed by atoms with E-state index in [1.165, 1.54) is 49.8 Å². The molecule has 0 radical (unpaired) electrons. The molecule has 3 saturated heterocycles. The van der Waals surface area contributed by atoms with Crippen LogP contribution in [0.4, 0.5) is 57.8 Å². The number of benzene rings is 3. The zero-order valence-electron chi connectivity index (χ0n) is 79.2. The number of carbonyl (C=O) groups excluding carboxylic acids is 10. The molecule has 137 heavy (non-hydrogen) atoms. The second kappa shape index (κ2) is 47.7. The molecule has 7 amide bonds. The maximum absolute atomic E-state index is 13.5. The van der Waals surface area contributed by atoms with Crippen molar-refractivity contribution in [2.75, 3.05) is 61.6 Å². The zero-order chi connectivity index (χ0) is 99.5. The van der Waals surface area contributed by atoms with Gasteiger partial charge in [0.15, 0.2) is 42.0 Å². The van der Waals surface area contributed by atoms with Crippen LogP contribution < -0.4 is 25.2 Å². The third kappa shape index (κ3) is 30.2. The number of ether oxygens (including phenoxy) is 5. The Labute approximate surface area is 807 Å². The van der Waals surface area contributed by atoms with Gasteiger partial charge < -0.3 is 43.7 Å².